The smallest absolute Gasteiger partial charge is 0.266 e. The Kier molecular flexibility index (Phi) is 4.90. The molecule has 0 N–H and O–H groups in total. The summed E-state index contributed by atoms with van der Waals surface area (Å²) in [6.45, 7) is 4.47. The third-order valence-electron chi connectivity index (χ3n) is 3.25. The molecule has 0 atom stereocenters. The van der Waals surface area contributed by atoms with Gasteiger partial charge in [-0.2, -0.15) is 0 Å². The minimum Gasteiger partial charge on any atom is -0.493 e. The second-order valence-electron chi connectivity index (χ2n) is 4.49. The predicted molar refractivity (Wildman–Crippen MR) is 89.8 cm³/mol. The lowest BCUT2D eigenvalue weighted by molar-refractivity contribution is -0.121. The molecule has 1 aliphatic rings. The summed E-state index contributed by atoms with van der Waals surface area (Å²) >= 11 is 6.54. The molecule has 0 spiro atoms. The summed E-state index contributed by atoms with van der Waals surface area (Å²) in [5.74, 6) is 1.27. The highest BCUT2D eigenvalue weighted by Gasteiger charge is 2.30. The van der Waals surface area contributed by atoms with E-state index in [2.05, 4.69) is 0 Å². The van der Waals surface area contributed by atoms with Gasteiger partial charge in [-0.25, -0.2) is 0 Å². The SMILES string of the molecule is CCN1C(=O)C(=Cc2cc(OC)c(OC)cc2C)SC1=S. The Labute approximate surface area is 134 Å². The normalized spacial score (nSPS) is 16.8. The van der Waals surface area contributed by atoms with Crippen LogP contribution >= 0.6 is 24.0 Å². The molecule has 112 valence electrons. The highest BCUT2D eigenvalue weighted by Crippen LogP contribution is 2.35. The first-order valence-electron chi connectivity index (χ1n) is 6.49. The maximum absolute atomic E-state index is 12.2. The standard InChI is InChI=1S/C15H17NO3S2/c1-5-16-14(17)13(21-15(16)20)8-10-7-12(19-4)11(18-3)6-9(10)2/h6-8H,5H2,1-4H3. The van der Waals surface area contributed by atoms with Gasteiger partial charge in [-0.1, -0.05) is 24.0 Å². The number of hydrogen-bond donors (Lipinski definition) is 0. The zero-order valence-electron chi connectivity index (χ0n) is 12.4. The van der Waals surface area contributed by atoms with Gasteiger partial charge in [-0.3, -0.25) is 9.69 Å². The Morgan fingerprint density at radius 3 is 2.43 bits per heavy atom. The van der Waals surface area contributed by atoms with Crippen molar-refractivity contribution in [2.24, 2.45) is 0 Å². The lowest BCUT2D eigenvalue weighted by atomic mass is 10.1. The predicted octanol–water partition coefficient (Wildman–Crippen LogP) is 3.23. The Hall–Kier alpha value is -1.53. The highest BCUT2D eigenvalue weighted by atomic mass is 32.2. The van der Waals surface area contributed by atoms with Crippen molar-refractivity contribution in [3.63, 3.8) is 0 Å². The first kappa shape index (κ1) is 15.9. The molecular weight excluding hydrogens is 306 g/mol. The molecule has 0 saturated carbocycles. The van der Waals surface area contributed by atoms with E-state index in [4.69, 9.17) is 21.7 Å². The Morgan fingerprint density at radius 2 is 1.90 bits per heavy atom. The van der Waals surface area contributed by atoms with E-state index in [-0.39, 0.29) is 5.91 Å². The molecule has 1 fully saturated rings. The number of nitrogens with zero attached hydrogens (tertiary/aromatic N) is 1. The molecule has 0 aliphatic carbocycles. The molecule has 1 amide bonds. The van der Waals surface area contributed by atoms with Gasteiger partial charge in [0.15, 0.2) is 11.5 Å². The summed E-state index contributed by atoms with van der Waals surface area (Å²) in [7, 11) is 3.19. The van der Waals surface area contributed by atoms with Crippen molar-refractivity contribution >= 4 is 40.3 Å². The number of carbonyl (C=O) groups is 1. The minimum atomic E-state index is -0.0401. The number of thioether (sulfide) groups is 1. The van der Waals surface area contributed by atoms with E-state index in [9.17, 15) is 4.79 Å². The lowest BCUT2D eigenvalue weighted by Crippen LogP contribution is -2.27. The van der Waals surface area contributed by atoms with Gasteiger partial charge >= 0.3 is 0 Å². The lowest BCUT2D eigenvalue weighted by Gasteiger charge is -2.11. The first-order chi connectivity index (χ1) is 10.0. The van der Waals surface area contributed by atoms with E-state index in [1.54, 1.807) is 19.1 Å². The van der Waals surface area contributed by atoms with Crippen molar-refractivity contribution in [3.05, 3.63) is 28.2 Å². The molecule has 0 unspecified atom stereocenters. The summed E-state index contributed by atoms with van der Waals surface area (Å²) in [6, 6.07) is 3.76. The summed E-state index contributed by atoms with van der Waals surface area (Å²) in [5.41, 5.74) is 1.93. The van der Waals surface area contributed by atoms with Gasteiger partial charge in [-0.05, 0) is 43.2 Å². The molecule has 0 bridgehead atoms. The van der Waals surface area contributed by atoms with Crippen LogP contribution in [0.3, 0.4) is 0 Å². The van der Waals surface area contributed by atoms with Gasteiger partial charge in [0.1, 0.15) is 4.32 Å². The van der Waals surface area contributed by atoms with E-state index in [1.165, 1.54) is 11.8 Å². The topological polar surface area (TPSA) is 38.8 Å². The molecule has 1 heterocycles. The molecular formula is C15H17NO3S2. The number of carbonyl (C=O) groups excluding carboxylic acids is 1. The van der Waals surface area contributed by atoms with Crippen molar-refractivity contribution in [2.75, 3.05) is 20.8 Å². The molecule has 0 aromatic heterocycles. The Morgan fingerprint density at radius 1 is 1.29 bits per heavy atom. The second kappa shape index (κ2) is 6.49. The molecule has 6 heteroatoms. The summed E-state index contributed by atoms with van der Waals surface area (Å²) in [6.07, 6.45) is 1.85. The number of likely N-dealkylation sites (N-methyl/N-ethyl adjacent to an activating group) is 1. The van der Waals surface area contributed by atoms with E-state index >= 15 is 0 Å². The number of hydrogen-bond acceptors (Lipinski definition) is 5. The fraction of sp³-hybridized carbons (Fsp3) is 0.333. The van der Waals surface area contributed by atoms with Crippen molar-refractivity contribution < 1.29 is 14.3 Å². The van der Waals surface area contributed by atoms with Crippen LogP contribution < -0.4 is 9.47 Å². The maximum atomic E-state index is 12.2. The number of benzene rings is 1. The van der Waals surface area contributed by atoms with Crippen molar-refractivity contribution in [1.82, 2.24) is 4.90 Å². The van der Waals surface area contributed by atoms with Gasteiger partial charge in [0, 0.05) is 6.54 Å². The summed E-state index contributed by atoms with van der Waals surface area (Å²) in [5, 5.41) is 0. The second-order valence-corrected chi connectivity index (χ2v) is 6.17. The number of methoxy groups -OCH3 is 2. The maximum Gasteiger partial charge on any atom is 0.266 e. The molecule has 4 nitrogen and oxygen atoms in total. The van der Waals surface area contributed by atoms with Crippen LogP contribution in [0.5, 0.6) is 11.5 Å². The number of amides is 1. The van der Waals surface area contributed by atoms with E-state index in [0.29, 0.717) is 27.3 Å². The number of aryl methyl sites for hydroxylation is 1. The number of thiocarbonyl (C=S) groups is 1. The number of ether oxygens (including phenoxy) is 2. The van der Waals surface area contributed by atoms with Crippen LogP contribution in [0.25, 0.3) is 6.08 Å². The van der Waals surface area contributed by atoms with Crippen LogP contribution in [0.4, 0.5) is 0 Å². The van der Waals surface area contributed by atoms with E-state index in [0.717, 1.165) is 11.1 Å². The Bertz CT molecular complexity index is 626. The zero-order chi connectivity index (χ0) is 15.6. The fourth-order valence-electron chi connectivity index (χ4n) is 2.07. The summed E-state index contributed by atoms with van der Waals surface area (Å²) in [4.78, 5) is 14.5. The third kappa shape index (κ3) is 3.06. The monoisotopic (exact) mass is 323 g/mol. The molecule has 2 rings (SSSR count). The Balaban J connectivity index is 2.42. The molecule has 1 saturated heterocycles. The van der Waals surface area contributed by atoms with Crippen molar-refractivity contribution in [3.8, 4) is 11.5 Å². The zero-order valence-corrected chi connectivity index (χ0v) is 14.1. The third-order valence-corrected chi connectivity index (χ3v) is 4.63. The van der Waals surface area contributed by atoms with Crippen LogP contribution in [-0.4, -0.2) is 35.9 Å². The average Bonchev–Trinajstić information content (AvgIpc) is 2.74. The van der Waals surface area contributed by atoms with Crippen LogP contribution in [0.2, 0.25) is 0 Å². The van der Waals surface area contributed by atoms with Gasteiger partial charge < -0.3 is 9.47 Å². The van der Waals surface area contributed by atoms with Crippen LogP contribution in [-0.2, 0) is 4.79 Å². The highest BCUT2D eigenvalue weighted by molar-refractivity contribution is 8.26. The average molecular weight is 323 g/mol. The fourth-order valence-corrected chi connectivity index (χ4v) is 3.44. The number of rotatable bonds is 4. The quantitative estimate of drug-likeness (QED) is 0.628. The van der Waals surface area contributed by atoms with Gasteiger partial charge in [0.2, 0.25) is 0 Å². The molecule has 21 heavy (non-hydrogen) atoms. The van der Waals surface area contributed by atoms with Crippen LogP contribution in [0.15, 0.2) is 17.0 Å². The van der Waals surface area contributed by atoms with Crippen molar-refractivity contribution in [2.45, 2.75) is 13.8 Å². The molecule has 1 aliphatic heterocycles. The van der Waals surface area contributed by atoms with Gasteiger partial charge in [0.25, 0.3) is 5.91 Å². The van der Waals surface area contributed by atoms with Crippen LogP contribution in [0.1, 0.15) is 18.1 Å². The molecule has 1 aromatic carbocycles. The largest absolute Gasteiger partial charge is 0.493 e. The van der Waals surface area contributed by atoms with Gasteiger partial charge in [0.05, 0.1) is 19.1 Å². The molecule has 0 radical (unpaired) electrons. The van der Waals surface area contributed by atoms with Crippen molar-refractivity contribution in [1.29, 1.82) is 0 Å². The first-order valence-corrected chi connectivity index (χ1v) is 7.72. The molecule has 1 aromatic rings. The van der Waals surface area contributed by atoms with E-state index in [1.807, 2.05) is 32.1 Å². The minimum absolute atomic E-state index is 0.0401. The van der Waals surface area contributed by atoms with E-state index < -0.39 is 0 Å². The van der Waals surface area contributed by atoms with Gasteiger partial charge in [-0.15, -0.1) is 0 Å². The summed E-state index contributed by atoms with van der Waals surface area (Å²) < 4.78 is 11.2. The van der Waals surface area contributed by atoms with Crippen LogP contribution in [0, 0.1) is 6.92 Å².